The molecule has 0 unspecified atom stereocenters. The molecule has 0 radical (unpaired) electrons. The van der Waals surface area contributed by atoms with Gasteiger partial charge in [-0.25, -0.2) is 14.2 Å². The summed E-state index contributed by atoms with van der Waals surface area (Å²) in [5.74, 6) is 3.08. The molecule has 15 heteroatoms. The zero-order valence-electron chi connectivity index (χ0n) is 27.6. The summed E-state index contributed by atoms with van der Waals surface area (Å²) >= 11 is 13.5. The Balaban J connectivity index is 0.000000191. The first-order valence-electron chi connectivity index (χ1n) is 15.0. The number of fused-ring (bicyclic) bond motifs is 2. The molecule has 2 aromatic heterocycles. The van der Waals surface area contributed by atoms with Gasteiger partial charge in [0, 0.05) is 42.0 Å². The quantitative estimate of drug-likeness (QED) is 0.217. The van der Waals surface area contributed by atoms with Crippen molar-refractivity contribution in [1.82, 2.24) is 18.7 Å². The van der Waals surface area contributed by atoms with Gasteiger partial charge in [0.15, 0.2) is 12.4 Å². The Morgan fingerprint density at radius 3 is 2.54 bits per heavy atom. The number of terminal acetylenes is 1. The van der Waals surface area contributed by atoms with E-state index in [0.29, 0.717) is 38.6 Å². The van der Waals surface area contributed by atoms with Crippen LogP contribution in [-0.2, 0) is 23.2 Å². The Morgan fingerprint density at radius 2 is 1.90 bits per heavy atom. The standard InChI is InChI=1S/C18H17FN4O2S.C15H18Cl2N2O3/c1-4-5-22-13-7-12(11(19)6-14(13)25-9-16(22)24)20-17-23-10-18(2,3)8-15(23)21-26-17;1-8(2)21-12-7-11(9(16)6-10(12)17)19-14(20)22-13(18-19)15(3,4)5/h1,6-7H,5,8-10H2,2-3H3;6-8H,1-5H3. The van der Waals surface area contributed by atoms with Crippen LogP contribution in [0.15, 0.2) is 38.5 Å². The third kappa shape index (κ3) is 7.46. The second-order valence-corrected chi connectivity index (χ2v) is 14.9. The van der Waals surface area contributed by atoms with Gasteiger partial charge in [0.1, 0.15) is 23.0 Å². The summed E-state index contributed by atoms with van der Waals surface area (Å²) in [5, 5.41) is 4.88. The van der Waals surface area contributed by atoms with Crippen LogP contribution >= 0.6 is 34.7 Å². The summed E-state index contributed by atoms with van der Waals surface area (Å²) in [6, 6.07) is 5.86. The van der Waals surface area contributed by atoms with Crippen LogP contribution in [0.25, 0.3) is 5.69 Å². The van der Waals surface area contributed by atoms with Gasteiger partial charge in [-0.05, 0) is 31.4 Å². The van der Waals surface area contributed by atoms with E-state index in [-0.39, 0.29) is 46.7 Å². The molecule has 2 aromatic carbocycles. The summed E-state index contributed by atoms with van der Waals surface area (Å²) < 4.78 is 38.3. The smallest absolute Gasteiger partial charge is 0.442 e. The molecule has 0 spiro atoms. The van der Waals surface area contributed by atoms with Gasteiger partial charge in [0.05, 0.1) is 34.1 Å². The van der Waals surface area contributed by atoms with E-state index in [2.05, 4.69) is 34.2 Å². The minimum atomic E-state index is -0.607. The molecule has 48 heavy (non-hydrogen) atoms. The molecule has 0 bridgehead atoms. The first kappa shape index (κ1) is 35.2. The number of anilines is 1. The second kappa shape index (κ2) is 13.4. The summed E-state index contributed by atoms with van der Waals surface area (Å²) in [6.07, 6.45) is 6.15. The zero-order valence-corrected chi connectivity index (χ0v) is 29.9. The lowest BCUT2D eigenvalue weighted by Gasteiger charge is -2.28. The molecule has 0 fully saturated rings. The normalized spacial score (nSPS) is 15.4. The average Bonchev–Trinajstić information content (AvgIpc) is 3.64. The lowest BCUT2D eigenvalue weighted by atomic mass is 9.92. The molecule has 0 aliphatic carbocycles. The Labute approximate surface area is 291 Å². The van der Waals surface area contributed by atoms with Crippen LogP contribution in [-0.4, -0.2) is 43.9 Å². The molecular formula is C33H35Cl2FN6O5S. The number of ether oxygens (including phenoxy) is 2. The van der Waals surface area contributed by atoms with Crippen molar-refractivity contribution in [2.75, 3.05) is 18.1 Å². The topological polar surface area (TPSA) is 117 Å². The van der Waals surface area contributed by atoms with Crippen LogP contribution in [0, 0.1) is 23.6 Å². The number of hydrogen-bond donors (Lipinski definition) is 0. The monoisotopic (exact) mass is 716 g/mol. The van der Waals surface area contributed by atoms with E-state index < -0.39 is 11.6 Å². The number of rotatable bonds is 5. The van der Waals surface area contributed by atoms with Gasteiger partial charge in [0.25, 0.3) is 5.91 Å². The molecule has 6 rings (SSSR count). The van der Waals surface area contributed by atoms with Gasteiger partial charge >= 0.3 is 5.76 Å². The van der Waals surface area contributed by atoms with Crippen LogP contribution in [0.2, 0.25) is 10.0 Å². The van der Waals surface area contributed by atoms with Crippen LogP contribution in [0.3, 0.4) is 0 Å². The Hall–Kier alpha value is -4.12. The van der Waals surface area contributed by atoms with Gasteiger partial charge in [-0.2, -0.15) is 9.06 Å². The summed E-state index contributed by atoms with van der Waals surface area (Å²) in [6.45, 7) is 14.5. The molecule has 2 aliphatic heterocycles. The Bertz CT molecular complexity index is 2050. The number of nitrogens with zero attached hydrogens (tertiary/aromatic N) is 6. The van der Waals surface area contributed by atoms with Crippen LogP contribution < -0.4 is 24.9 Å². The molecule has 0 atom stereocenters. The third-order valence-corrected chi connectivity index (χ3v) is 8.59. The maximum atomic E-state index is 14.5. The van der Waals surface area contributed by atoms with E-state index in [9.17, 15) is 14.0 Å². The fourth-order valence-electron chi connectivity index (χ4n) is 5.00. The second-order valence-electron chi connectivity index (χ2n) is 13.4. The number of halogens is 3. The lowest BCUT2D eigenvalue weighted by Crippen LogP contribution is -2.39. The predicted octanol–water partition coefficient (Wildman–Crippen LogP) is 6.47. The number of hydrogen-bond acceptors (Lipinski definition) is 9. The highest BCUT2D eigenvalue weighted by molar-refractivity contribution is 7.02. The minimum Gasteiger partial charge on any atom is -0.489 e. The van der Waals surface area contributed by atoms with Crippen molar-refractivity contribution < 1.29 is 23.1 Å². The molecule has 1 amide bonds. The maximum absolute atomic E-state index is 14.5. The minimum absolute atomic E-state index is 0.0642. The molecule has 0 saturated heterocycles. The zero-order chi connectivity index (χ0) is 35.1. The summed E-state index contributed by atoms with van der Waals surface area (Å²) in [4.78, 5) is 30.6. The van der Waals surface area contributed by atoms with Crippen LogP contribution in [0.5, 0.6) is 11.5 Å². The van der Waals surface area contributed by atoms with Crippen molar-refractivity contribution in [3.63, 3.8) is 0 Å². The fraction of sp³-hybridized carbons (Fsp3) is 0.424. The van der Waals surface area contributed by atoms with E-state index in [1.54, 1.807) is 6.07 Å². The van der Waals surface area contributed by atoms with Crippen LogP contribution in [0.1, 0.15) is 60.2 Å². The van der Waals surface area contributed by atoms with Crippen molar-refractivity contribution in [2.24, 2.45) is 10.4 Å². The summed E-state index contributed by atoms with van der Waals surface area (Å²) in [5.41, 5.74) is 0.656. The summed E-state index contributed by atoms with van der Waals surface area (Å²) in [7, 11) is 0. The maximum Gasteiger partial charge on any atom is 0.442 e. The number of benzene rings is 2. The van der Waals surface area contributed by atoms with E-state index in [4.69, 9.17) is 43.5 Å². The molecule has 4 aromatic rings. The Kier molecular flexibility index (Phi) is 9.83. The SMILES string of the molecule is C#CCN1C(=O)COc2cc(F)c(N=c3snc4n3CC(C)(C)C4)cc21.CC(C)Oc1cc(-n2nc(C(C)(C)C)oc2=O)c(Cl)cc1Cl. The molecule has 2 aliphatic rings. The van der Waals surface area contributed by atoms with Crippen molar-refractivity contribution in [2.45, 2.75) is 73.0 Å². The molecule has 254 valence electrons. The molecule has 0 N–H and O–H groups in total. The van der Waals surface area contributed by atoms with Gasteiger partial charge in [0.2, 0.25) is 10.7 Å². The number of amides is 1. The van der Waals surface area contributed by atoms with E-state index in [0.717, 1.165) is 23.5 Å². The first-order valence-corrected chi connectivity index (χ1v) is 16.6. The Morgan fingerprint density at radius 1 is 1.17 bits per heavy atom. The van der Waals surface area contributed by atoms with Crippen molar-refractivity contribution in [1.29, 1.82) is 0 Å². The highest BCUT2D eigenvalue weighted by atomic mass is 35.5. The number of carbonyl (C=O) groups is 1. The van der Waals surface area contributed by atoms with Gasteiger partial charge in [-0.15, -0.1) is 11.5 Å². The van der Waals surface area contributed by atoms with E-state index >= 15 is 0 Å². The molecular weight excluding hydrogens is 682 g/mol. The number of aromatic nitrogens is 4. The molecule has 4 heterocycles. The van der Waals surface area contributed by atoms with Crippen molar-refractivity contribution in [3.8, 4) is 29.5 Å². The number of carbonyl (C=O) groups excluding carboxylic acids is 1. The molecule has 11 nitrogen and oxygen atoms in total. The van der Waals surface area contributed by atoms with Gasteiger partial charge in [-0.3, -0.25) is 9.69 Å². The van der Waals surface area contributed by atoms with E-state index in [1.165, 1.54) is 34.6 Å². The third-order valence-electron chi connectivity index (χ3n) is 7.22. The predicted molar refractivity (Wildman–Crippen MR) is 182 cm³/mol. The van der Waals surface area contributed by atoms with Crippen molar-refractivity contribution in [3.05, 3.63) is 67.2 Å². The average molecular weight is 718 g/mol. The fourth-order valence-corrected chi connectivity index (χ4v) is 6.27. The lowest BCUT2D eigenvalue weighted by molar-refractivity contribution is -0.121. The highest BCUT2D eigenvalue weighted by Gasteiger charge is 2.31. The van der Waals surface area contributed by atoms with Crippen molar-refractivity contribution >= 4 is 52.0 Å². The largest absolute Gasteiger partial charge is 0.489 e. The van der Waals surface area contributed by atoms with Gasteiger partial charge < -0.3 is 18.5 Å². The highest BCUT2D eigenvalue weighted by Crippen LogP contribution is 2.38. The molecule has 0 saturated carbocycles. The first-order chi connectivity index (χ1) is 22.5. The van der Waals surface area contributed by atoms with E-state index in [1.807, 2.05) is 39.2 Å². The van der Waals surface area contributed by atoms with Gasteiger partial charge in [-0.1, -0.05) is 63.7 Å². The van der Waals surface area contributed by atoms with Crippen LogP contribution in [0.4, 0.5) is 15.8 Å².